The summed E-state index contributed by atoms with van der Waals surface area (Å²) in [4.78, 5) is 0. The standard InChI is InChI=1S/C10H17NO2/c1-8(3-5-11)10-9(7-12-2)4-6-13-10/h4,6,8H,3,5,7,11H2,1-2H3. The SMILES string of the molecule is COCc1ccoc1C(C)CCN. The van der Waals surface area contributed by atoms with Crippen molar-refractivity contribution >= 4 is 0 Å². The van der Waals surface area contributed by atoms with E-state index >= 15 is 0 Å². The molecule has 0 aliphatic rings. The highest BCUT2D eigenvalue weighted by Gasteiger charge is 2.13. The second-order valence-corrected chi connectivity index (χ2v) is 3.22. The van der Waals surface area contributed by atoms with Crippen molar-refractivity contribution in [1.82, 2.24) is 0 Å². The molecule has 0 aliphatic carbocycles. The fourth-order valence-electron chi connectivity index (χ4n) is 1.44. The average Bonchev–Trinajstić information content (AvgIpc) is 2.54. The Morgan fingerprint density at radius 1 is 1.62 bits per heavy atom. The Morgan fingerprint density at radius 2 is 2.38 bits per heavy atom. The van der Waals surface area contributed by atoms with Crippen molar-refractivity contribution < 1.29 is 9.15 Å². The van der Waals surface area contributed by atoms with Crippen molar-refractivity contribution in [2.75, 3.05) is 13.7 Å². The van der Waals surface area contributed by atoms with Gasteiger partial charge in [0.05, 0.1) is 12.9 Å². The van der Waals surface area contributed by atoms with Gasteiger partial charge in [-0.2, -0.15) is 0 Å². The molecule has 1 aromatic heterocycles. The third-order valence-corrected chi connectivity index (χ3v) is 2.13. The zero-order valence-electron chi connectivity index (χ0n) is 8.25. The van der Waals surface area contributed by atoms with Crippen LogP contribution in [-0.2, 0) is 11.3 Å². The first-order valence-electron chi connectivity index (χ1n) is 4.54. The minimum absolute atomic E-state index is 0.380. The smallest absolute Gasteiger partial charge is 0.112 e. The van der Waals surface area contributed by atoms with Gasteiger partial charge in [-0.05, 0) is 19.0 Å². The lowest BCUT2D eigenvalue weighted by Gasteiger charge is -2.08. The molecule has 0 aliphatic heterocycles. The molecule has 2 N–H and O–H groups in total. The summed E-state index contributed by atoms with van der Waals surface area (Å²) in [5.74, 6) is 1.39. The second kappa shape index (κ2) is 5.04. The van der Waals surface area contributed by atoms with Gasteiger partial charge >= 0.3 is 0 Å². The largest absolute Gasteiger partial charge is 0.469 e. The molecule has 0 bridgehead atoms. The van der Waals surface area contributed by atoms with Crippen molar-refractivity contribution in [3.8, 4) is 0 Å². The van der Waals surface area contributed by atoms with Crippen LogP contribution in [0.4, 0.5) is 0 Å². The molecular formula is C10H17NO2. The van der Waals surface area contributed by atoms with E-state index in [1.165, 1.54) is 0 Å². The third-order valence-electron chi connectivity index (χ3n) is 2.13. The Balaban J connectivity index is 2.68. The fourth-order valence-corrected chi connectivity index (χ4v) is 1.44. The summed E-state index contributed by atoms with van der Waals surface area (Å²) >= 11 is 0. The van der Waals surface area contributed by atoms with E-state index in [1.54, 1.807) is 13.4 Å². The minimum atomic E-state index is 0.380. The molecule has 3 nitrogen and oxygen atoms in total. The Bertz CT molecular complexity index is 245. The van der Waals surface area contributed by atoms with Crippen LogP contribution in [0, 0.1) is 0 Å². The summed E-state index contributed by atoms with van der Waals surface area (Å²) in [7, 11) is 1.68. The molecule has 1 aromatic rings. The first-order chi connectivity index (χ1) is 6.29. The second-order valence-electron chi connectivity index (χ2n) is 3.22. The highest BCUT2D eigenvalue weighted by atomic mass is 16.5. The van der Waals surface area contributed by atoms with Gasteiger partial charge in [0, 0.05) is 18.6 Å². The molecule has 13 heavy (non-hydrogen) atoms. The van der Waals surface area contributed by atoms with E-state index in [2.05, 4.69) is 6.92 Å². The van der Waals surface area contributed by atoms with Gasteiger partial charge < -0.3 is 14.9 Å². The van der Waals surface area contributed by atoms with Crippen molar-refractivity contribution in [3.05, 3.63) is 23.7 Å². The number of methoxy groups -OCH3 is 1. The number of hydrogen-bond acceptors (Lipinski definition) is 3. The van der Waals surface area contributed by atoms with E-state index in [0.29, 0.717) is 19.1 Å². The highest BCUT2D eigenvalue weighted by molar-refractivity contribution is 5.19. The Labute approximate surface area is 78.9 Å². The van der Waals surface area contributed by atoms with Crippen molar-refractivity contribution in [1.29, 1.82) is 0 Å². The van der Waals surface area contributed by atoms with E-state index in [9.17, 15) is 0 Å². The molecule has 3 heteroatoms. The quantitative estimate of drug-likeness (QED) is 0.758. The fraction of sp³-hybridized carbons (Fsp3) is 0.600. The summed E-state index contributed by atoms with van der Waals surface area (Å²) in [5.41, 5.74) is 6.61. The summed E-state index contributed by atoms with van der Waals surface area (Å²) in [6, 6.07) is 1.95. The van der Waals surface area contributed by atoms with Crippen LogP contribution < -0.4 is 5.73 Å². The third kappa shape index (κ3) is 2.57. The molecule has 0 spiro atoms. The van der Waals surface area contributed by atoms with Crippen LogP contribution in [0.25, 0.3) is 0 Å². The van der Waals surface area contributed by atoms with Crippen LogP contribution in [-0.4, -0.2) is 13.7 Å². The minimum Gasteiger partial charge on any atom is -0.469 e. The van der Waals surface area contributed by atoms with E-state index in [-0.39, 0.29) is 0 Å². The van der Waals surface area contributed by atoms with Gasteiger partial charge in [-0.15, -0.1) is 0 Å². The molecular weight excluding hydrogens is 166 g/mol. The first-order valence-corrected chi connectivity index (χ1v) is 4.54. The number of ether oxygens (including phenoxy) is 1. The number of rotatable bonds is 5. The molecule has 0 saturated carbocycles. The van der Waals surface area contributed by atoms with Crippen LogP contribution in [0.15, 0.2) is 16.7 Å². The van der Waals surface area contributed by atoms with Crippen LogP contribution in [0.5, 0.6) is 0 Å². The zero-order chi connectivity index (χ0) is 9.68. The molecule has 1 rings (SSSR count). The van der Waals surface area contributed by atoms with Crippen LogP contribution in [0.3, 0.4) is 0 Å². The van der Waals surface area contributed by atoms with Gasteiger partial charge in [0.25, 0.3) is 0 Å². The lowest BCUT2D eigenvalue weighted by molar-refractivity contribution is 0.182. The van der Waals surface area contributed by atoms with Gasteiger partial charge in [-0.1, -0.05) is 6.92 Å². The maximum absolute atomic E-state index is 5.49. The summed E-state index contributed by atoms with van der Waals surface area (Å²) in [6.45, 7) is 3.42. The predicted octanol–water partition coefficient (Wildman–Crippen LogP) is 1.88. The number of hydrogen-bond donors (Lipinski definition) is 1. The van der Waals surface area contributed by atoms with Gasteiger partial charge in [0.15, 0.2) is 0 Å². The van der Waals surface area contributed by atoms with Crippen molar-refractivity contribution in [2.45, 2.75) is 25.9 Å². The monoisotopic (exact) mass is 183 g/mol. The molecule has 0 radical (unpaired) electrons. The van der Waals surface area contributed by atoms with Crippen LogP contribution in [0.2, 0.25) is 0 Å². The Kier molecular flexibility index (Phi) is 3.99. The molecule has 74 valence electrons. The maximum Gasteiger partial charge on any atom is 0.112 e. The van der Waals surface area contributed by atoms with E-state index in [4.69, 9.17) is 14.9 Å². The summed E-state index contributed by atoms with van der Waals surface area (Å²) in [5, 5.41) is 0. The number of furan rings is 1. The van der Waals surface area contributed by atoms with E-state index in [1.807, 2.05) is 6.07 Å². The average molecular weight is 183 g/mol. The summed E-state index contributed by atoms with van der Waals surface area (Å²) in [6.07, 6.45) is 2.65. The van der Waals surface area contributed by atoms with Crippen LogP contribution in [0.1, 0.15) is 30.6 Å². The zero-order valence-corrected chi connectivity index (χ0v) is 8.25. The topological polar surface area (TPSA) is 48.4 Å². The van der Waals surface area contributed by atoms with Gasteiger partial charge in [0.1, 0.15) is 5.76 Å². The molecule has 0 aromatic carbocycles. The van der Waals surface area contributed by atoms with Crippen molar-refractivity contribution in [3.63, 3.8) is 0 Å². The molecule has 0 fully saturated rings. The molecule has 1 heterocycles. The summed E-state index contributed by atoms with van der Waals surface area (Å²) < 4.78 is 10.5. The van der Waals surface area contributed by atoms with Gasteiger partial charge in [0.2, 0.25) is 0 Å². The van der Waals surface area contributed by atoms with E-state index < -0.39 is 0 Å². The van der Waals surface area contributed by atoms with Gasteiger partial charge in [-0.3, -0.25) is 0 Å². The lowest BCUT2D eigenvalue weighted by Crippen LogP contribution is -2.05. The first kappa shape index (κ1) is 10.3. The highest BCUT2D eigenvalue weighted by Crippen LogP contribution is 2.23. The molecule has 1 atom stereocenters. The van der Waals surface area contributed by atoms with E-state index in [0.717, 1.165) is 17.7 Å². The molecule has 0 saturated heterocycles. The Hall–Kier alpha value is -0.800. The Morgan fingerprint density at radius 3 is 3.00 bits per heavy atom. The molecule has 1 unspecified atom stereocenters. The van der Waals surface area contributed by atoms with Crippen molar-refractivity contribution in [2.24, 2.45) is 5.73 Å². The predicted molar refractivity (Wildman–Crippen MR) is 51.5 cm³/mol. The van der Waals surface area contributed by atoms with Gasteiger partial charge in [-0.25, -0.2) is 0 Å². The normalized spacial score (nSPS) is 13.2. The molecule has 0 amide bonds. The maximum atomic E-state index is 5.49. The lowest BCUT2D eigenvalue weighted by atomic mass is 10.0. The van der Waals surface area contributed by atoms with Crippen LogP contribution >= 0.6 is 0 Å². The number of nitrogens with two attached hydrogens (primary N) is 1.